The van der Waals surface area contributed by atoms with Crippen molar-refractivity contribution in [2.24, 2.45) is 0 Å². The van der Waals surface area contributed by atoms with Crippen LogP contribution in [0.25, 0.3) is 0 Å². The number of hydrogen-bond acceptors (Lipinski definition) is 2. The number of nitrogens with one attached hydrogen (secondary N) is 1. The molecule has 0 amide bonds. The summed E-state index contributed by atoms with van der Waals surface area (Å²) in [5.74, 6) is 1.19. The van der Waals surface area contributed by atoms with Crippen LogP contribution in [-0.4, -0.2) is 18.1 Å². The molecule has 2 heterocycles. The van der Waals surface area contributed by atoms with Gasteiger partial charge < -0.3 is 5.32 Å². The number of hydrogen-bond donors (Lipinski definition) is 1. The lowest BCUT2D eigenvalue weighted by Gasteiger charge is -2.26. The zero-order chi connectivity index (χ0) is 9.26. The van der Waals surface area contributed by atoms with Gasteiger partial charge in [0.15, 0.2) is 0 Å². The highest BCUT2D eigenvalue weighted by molar-refractivity contribution is 5.19. The van der Waals surface area contributed by atoms with E-state index in [1.807, 2.05) is 0 Å². The molecule has 1 aromatic rings. The molecule has 2 nitrogen and oxygen atoms in total. The average Bonchev–Trinajstić information content (AvgIpc) is 2.01. The van der Waals surface area contributed by atoms with Crippen LogP contribution in [0, 0.1) is 0 Å². The molecule has 2 heteroatoms. The molecule has 0 radical (unpaired) electrons. The van der Waals surface area contributed by atoms with E-state index in [2.05, 4.69) is 42.3 Å². The Morgan fingerprint density at radius 3 is 2.69 bits per heavy atom. The summed E-state index contributed by atoms with van der Waals surface area (Å²) in [4.78, 5) is 4.65. The van der Waals surface area contributed by atoms with Crippen molar-refractivity contribution in [1.29, 1.82) is 0 Å². The maximum atomic E-state index is 4.65. The molecule has 0 atom stereocenters. The van der Waals surface area contributed by atoms with Crippen molar-refractivity contribution < 1.29 is 0 Å². The van der Waals surface area contributed by atoms with E-state index in [0.717, 1.165) is 13.1 Å². The molecule has 13 heavy (non-hydrogen) atoms. The van der Waals surface area contributed by atoms with Gasteiger partial charge in [-0.05, 0) is 18.1 Å². The molecule has 0 aliphatic carbocycles. The van der Waals surface area contributed by atoms with E-state index >= 15 is 0 Å². The third kappa shape index (κ3) is 1.73. The molecule has 2 rings (SSSR count). The summed E-state index contributed by atoms with van der Waals surface area (Å²) in [5.41, 5.74) is 2.47. The van der Waals surface area contributed by atoms with E-state index in [4.69, 9.17) is 0 Å². The zero-order valence-electron chi connectivity index (χ0n) is 8.25. The van der Waals surface area contributed by atoms with E-state index in [9.17, 15) is 0 Å². The fraction of sp³-hybridized carbons (Fsp3) is 0.545. The van der Waals surface area contributed by atoms with Crippen molar-refractivity contribution in [2.75, 3.05) is 13.1 Å². The fourth-order valence-electron chi connectivity index (χ4n) is 1.52. The minimum atomic E-state index is 0.535. The van der Waals surface area contributed by atoms with E-state index in [1.165, 1.54) is 11.4 Å². The Kier molecular flexibility index (Phi) is 2.32. The van der Waals surface area contributed by atoms with Crippen molar-refractivity contribution in [2.45, 2.75) is 25.7 Å². The number of aromatic nitrogens is 1. The summed E-state index contributed by atoms with van der Waals surface area (Å²) in [7, 11) is 0. The van der Waals surface area contributed by atoms with Crippen LogP contribution in [-0.2, 0) is 0 Å². The Bertz CT molecular complexity index is 290. The fourth-order valence-corrected chi connectivity index (χ4v) is 1.52. The Morgan fingerprint density at radius 1 is 1.38 bits per heavy atom. The lowest BCUT2D eigenvalue weighted by molar-refractivity contribution is 0.438. The van der Waals surface area contributed by atoms with Crippen LogP contribution in [0.3, 0.4) is 0 Å². The third-order valence-corrected chi connectivity index (χ3v) is 2.58. The monoisotopic (exact) mass is 176 g/mol. The SMILES string of the molecule is CC(C)c1cccc(C2CNC2)n1. The summed E-state index contributed by atoms with van der Waals surface area (Å²) < 4.78 is 0. The first kappa shape index (κ1) is 8.70. The van der Waals surface area contributed by atoms with E-state index in [0.29, 0.717) is 11.8 Å². The minimum absolute atomic E-state index is 0.535. The van der Waals surface area contributed by atoms with Crippen LogP contribution in [0.4, 0.5) is 0 Å². The van der Waals surface area contributed by atoms with Gasteiger partial charge in [-0.1, -0.05) is 19.9 Å². The molecule has 1 aliphatic heterocycles. The van der Waals surface area contributed by atoms with Gasteiger partial charge >= 0.3 is 0 Å². The molecule has 1 aliphatic rings. The Hall–Kier alpha value is -0.890. The van der Waals surface area contributed by atoms with Gasteiger partial charge in [-0.25, -0.2) is 0 Å². The van der Waals surface area contributed by atoms with Crippen molar-refractivity contribution in [3.05, 3.63) is 29.6 Å². The topological polar surface area (TPSA) is 24.9 Å². The lowest BCUT2D eigenvalue weighted by atomic mass is 9.98. The zero-order valence-corrected chi connectivity index (χ0v) is 8.25. The summed E-state index contributed by atoms with van der Waals surface area (Å²) in [5, 5.41) is 3.27. The quantitative estimate of drug-likeness (QED) is 0.744. The van der Waals surface area contributed by atoms with Crippen molar-refractivity contribution >= 4 is 0 Å². The predicted octanol–water partition coefficient (Wildman–Crippen LogP) is 1.89. The summed E-state index contributed by atoms with van der Waals surface area (Å²) in [6, 6.07) is 6.37. The van der Waals surface area contributed by atoms with Gasteiger partial charge in [-0.15, -0.1) is 0 Å². The van der Waals surface area contributed by atoms with Gasteiger partial charge in [-0.3, -0.25) is 4.98 Å². The van der Waals surface area contributed by atoms with Crippen LogP contribution < -0.4 is 5.32 Å². The summed E-state index contributed by atoms with van der Waals surface area (Å²) in [6.45, 7) is 6.55. The van der Waals surface area contributed by atoms with Gasteiger partial charge in [0, 0.05) is 30.4 Å². The highest BCUT2D eigenvalue weighted by Gasteiger charge is 2.20. The average molecular weight is 176 g/mol. The molecule has 70 valence electrons. The molecule has 0 aromatic carbocycles. The molecule has 1 aromatic heterocycles. The molecule has 1 N–H and O–H groups in total. The Morgan fingerprint density at radius 2 is 2.15 bits per heavy atom. The Balaban J connectivity index is 2.21. The van der Waals surface area contributed by atoms with Crippen LogP contribution in [0.15, 0.2) is 18.2 Å². The smallest absolute Gasteiger partial charge is 0.0463 e. The largest absolute Gasteiger partial charge is 0.315 e. The molecule has 0 spiro atoms. The van der Waals surface area contributed by atoms with Gasteiger partial charge in [0.2, 0.25) is 0 Å². The molecule has 1 fully saturated rings. The molecule has 0 unspecified atom stereocenters. The van der Waals surface area contributed by atoms with Crippen LogP contribution >= 0.6 is 0 Å². The van der Waals surface area contributed by atoms with Crippen molar-refractivity contribution in [3.63, 3.8) is 0 Å². The van der Waals surface area contributed by atoms with E-state index in [-0.39, 0.29) is 0 Å². The number of rotatable bonds is 2. The molecule has 1 saturated heterocycles. The predicted molar refractivity (Wildman–Crippen MR) is 53.9 cm³/mol. The second kappa shape index (κ2) is 3.46. The van der Waals surface area contributed by atoms with E-state index in [1.54, 1.807) is 0 Å². The highest BCUT2D eigenvalue weighted by Crippen LogP contribution is 2.20. The third-order valence-electron chi connectivity index (χ3n) is 2.58. The first-order valence-electron chi connectivity index (χ1n) is 4.95. The number of nitrogens with zero attached hydrogens (tertiary/aromatic N) is 1. The van der Waals surface area contributed by atoms with Crippen LogP contribution in [0.2, 0.25) is 0 Å². The number of pyridine rings is 1. The normalized spacial score (nSPS) is 17.5. The standard InChI is InChI=1S/C11H16N2/c1-8(2)10-4-3-5-11(13-10)9-6-12-7-9/h3-5,8-9,12H,6-7H2,1-2H3. The van der Waals surface area contributed by atoms with E-state index < -0.39 is 0 Å². The van der Waals surface area contributed by atoms with Gasteiger partial charge in [-0.2, -0.15) is 0 Å². The molecule has 0 bridgehead atoms. The summed E-state index contributed by atoms with van der Waals surface area (Å²) >= 11 is 0. The minimum Gasteiger partial charge on any atom is -0.315 e. The van der Waals surface area contributed by atoms with Gasteiger partial charge in [0.05, 0.1) is 0 Å². The maximum absolute atomic E-state index is 4.65. The lowest BCUT2D eigenvalue weighted by Crippen LogP contribution is -2.40. The second-order valence-electron chi connectivity index (χ2n) is 4.00. The van der Waals surface area contributed by atoms with Crippen molar-refractivity contribution in [3.8, 4) is 0 Å². The Labute approximate surface area is 79.4 Å². The summed E-state index contributed by atoms with van der Waals surface area (Å²) in [6.07, 6.45) is 0. The van der Waals surface area contributed by atoms with Gasteiger partial charge in [0.1, 0.15) is 0 Å². The molecule has 0 saturated carbocycles. The van der Waals surface area contributed by atoms with Crippen LogP contribution in [0.5, 0.6) is 0 Å². The molecular formula is C11H16N2. The second-order valence-corrected chi connectivity index (χ2v) is 4.00. The first-order chi connectivity index (χ1) is 6.27. The van der Waals surface area contributed by atoms with Gasteiger partial charge in [0.25, 0.3) is 0 Å². The first-order valence-corrected chi connectivity index (χ1v) is 4.95. The molecular weight excluding hydrogens is 160 g/mol. The maximum Gasteiger partial charge on any atom is 0.0463 e. The van der Waals surface area contributed by atoms with Crippen molar-refractivity contribution in [1.82, 2.24) is 10.3 Å². The highest BCUT2D eigenvalue weighted by atomic mass is 15.0. The van der Waals surface area contributed by atoms with Crippen LogP contribution in [0.1, 0.15) is 37.1 Å².